The number of rotatable bonds is 10. The minimum absolute atomic E-state index is 0.0846. The van der Waals surface area contributed by atoms with Crippen LogP contribution < -0.4 is 15.8 Å². The largest absolute Gasteiger partial charge is 0.489 e. The lowest BCUT2D eigenvalue weighted by Gasteiger charge is -2.24. The van der Waals surface area contributed by atoms with Gasteiger partial charge in [-0.2, -0.15) is 0 Å². The summed E-state index contributed by atoms with van der Waals surface area (Å²) >= 11 is 0. The van der Waals surface area contributed by atoms with Crippen molar-refractivity contribution in [3.8, 4) is 17.0 Å². The van der Waals surface area contributed by atoms with Gasteiger partial charge >= 0.3 is 0 Å². The first-order chi connectivity index (χ1) is 19.0. The molecule has 0 saturated heterocycles. The number of amides is 1. The number of aromatic nitrogens is 3. The van der Waals surface area contributed by atoms with Crippen LogP contribution in [0, 0.1) is 0 Å². The summed E-state index contributed by atoms with van der Waals surface area (Å²) in [4.78, 5) is 25.7. The van der Waals surface area contributed by atoms with Gasteiger partial charge in [0.2, 0.25) is 5.91 Å². The number of nitrogens with one attached hydrogen (secondary N) is 1. The van der Waals surface area contributed by atoms with Gasteiger partial charge in [-0.05, 0) is 60.4 Å². The second kappa shape index (κ2) is 11.8. The summed E-state index contributed by atoms with van der Waals surface area (Å²) in [6.45, 7) is 4.04. The summed E-state index contributed by atoms with van der Waals surface area (Å²) in [5, 5.41) is 2.96. The van der Waals surface area contributed by atoms with Crippen LogP contribution in [0.5, 0.6) is 5.75 Å². The van der Waals surface area contributed by atoms with E-state index < -0.39 is 0 Å². The molecule has 2 heterocycles. The molecule has 0 aliphatic heterocycles. The molecule has 2 aromatic heterocycles. The van der Waals surface area contributed by atoms with Crippen LogP contribution in [0.25, 0.3) is 11.3 Å². The molecule has 1 amide bonds. The van der Waals surface area contributed by atoms with Crippen LogP contribution in [0.4, 0.5) is 5.69 Å². The first kappa shape index (κ1) is 25.9. The lowest BCUT2D eigenvalue weighted by molar-refractivity contribution is -0.115. The Morgan fingerprint density at radius 1 is 1.15 bits per heavy atom. The van der Waals surface area contributed by atoms with Crippen molar-refractivity contribution in [2.75, 3.05) is 5.32 Å². The fourth-order valence-corrected chi connectivity index (χ4v) is 4.73. The fourth-order valence-electron chi connectivity index (χ4n) is 4.73. The summed E-state index contributed by atoms with van der Waals surface area (Å²) in [5.74, 6) is 2.48. The number of amidine groups is 1. The van der Waals surface area contributed by atoms with Crippen molar-refractivity contribution in [3.05, 3.63) is 108 Å². The van der Waals surface area contributed by atoms with E-state index in [0.717, 1.165) is 52.4 Å². The summed E-state index contributed by atoms with van der Waals surface area (Å²) in [7, 11) is 1.99. The van der Waals surface area contributed by atoms with Gasteiger partial charge in [0.05, 0.1) is 12.1 Å². The second-order valence-electron chi connectivity index (χ2n) is 9.65. The van der Waals surface area contributed by atoms with Crippen molar-refractivity contribution >= 4 is 17.4 Å². The average Bonchev–Trinajstić information content (AvgIpc) is 3.24. The molecule has 0 radical (unpaired) electrons. The van der Waals surface area contributed by atoms with E-state index >= 15 is 0 Å². The molecule has 0 spiro atoms. The van der Waals surface area contributed by atoms with Crippen molar-refractivity contribution in [1.82, 2.24) is 14.5 Å². The van der Waals surface area contributed by atoms with Gasteiger partial charge in [-0.15, -0.1) is 0 Å². The molecule has 39 heavy (non-hydrogen) atoms. The number of ether oxygens (including phenoxy) is 1. The number of pyridine rings is 1. The highest BCUT2D eigenvalue weighted by molar-refractivity contribution is 6.01. The zero-order valence-corrected chi connectivity index (χ0v) is 22.0. The molecule has 0 unspecified atom stereocenters. The summed E-state index contributed by atoms with van der Waals surface area (Å²) < 4.78 is 8.20. The van der Waals surface area contributed by atoms with Gasteiger partial charge in [0.1, 0.15) is 29.7 Å². The molecule has 8 nitrogen and oxygen atoms in total. The number of imidazole rings is 1. The molecule has 0 atom stereocenters. The van der Waals surface area contributed by atoms with Crippen molar-refractivity contribution in [1.29, 1.82) is 0 Å². The molecule has 0 bridgehead atoms. The van der Waals surface area contributed by atoms with Crippen molar-refractivity contribution in [2.24, 2.45) is 17.8 Å². The second-order valence-corrected chi connectivity index (χ2v) is 9.65. The molecule has 198 valence electrons. The maximum absolute atomic E-state index is 12.5. The summed E-state index contributed by atoms with van der Waals surface area (Å²) in [5.41, 5.74) is 11.4. The highest BCUT2D eigenvalue weighted by Crippen LogP contribution is 2.38. The number of hydrogen-bond donors (Lipinski definition) is 2. The van der Waals surface area contributed by atoms with Gasteiger partial charge in [-0.1, -0.05) is 37.3 Å². The smallest absolute Gasteiger partial charge is 0.228 e. The first-order valence-electron chi connectivity index (χ1n) is 13.0. The maximum atomic E-state index is 12.5. The molecule has 5 rings (SSSR count). The van der Waals surface area contributed by atoms with Crippen LogP contribution in [-0.4, -0.2) is 26.3 Å². The highest BCUT2D eigenvalue weighted by atomic mass is 16.5. The van der Waals surface area contributed by atoms with Crippen molar-refractivity contribution < 1.29 is 9.53 Å². The Morgan fingerprint density at radius 3 is 2.69 bits per heavy atom. The van der Waals surface area contributed by atoms with Crippen LogP contribution in [0.1, 0.15) is 47.8 Å². The Morgan fingerprint density at radius 2 is 1.95 bits per heavy atom. The normalized spacial score (nSPS) is 13.5. The molecule has 1 aliphatic carbocycles. The van der Waals surface area contributed by atoms with E-state index in [1.54, 1.807) is 12.4 Å². The predicted molar refractivity (Wildman–Crippen MR) is 154 cm³/mol. The van der Waals surface area contributed by atoms with Gasteiger partial charge in [0.15, 0.2) is 0 Å². The van der Waals surface area contributed by atoms with E-state index in [0.29, 0.717) is 24.1 Å². The number of carbonyl (C=O) groups is 1. The van der Waals surface area contributed by atoms with Gasteiger partial charge in [-0.3, -0.25) is 9.78 Å². The van der Waals surface area contributed by atoms with Crippen LogP contribution in [0.15, 0.2) is 90.8 Å². The Balaban J connectivity index is 1.30. The highest BCUT2D eigenvalue weighted by Gasteiger charge is 2.28. The number of aliphatic imine (C=N–C) groups is 1. The molecular weight excluding hydrogens is 488 g/mol. The van der Waals surface area contributed by atoms with E-state index in [1.165, 1.54) is 12.6 Å². The minimum atomic E-state index is -0.0846. The quantitative estimate of drug-likeness (QED) is 0.216. The van der Waals surface area contributed by atoms with Crippen LogP contribution in [0.3, 0.4) is 0 Å². The van der Waals surface area contributed by atoms with Gasteiger partial charge < -0.3 is 20.4 Å². The fraction of sp³-hybridized carbons (Fsp3) is 0.226. The molecule has 4 aromatic rings. The summed E-state index contributed by atoms with van der Waals surface area (Å²) in [6, 6.07) is 19.2. The molecule has 1 aliphatic rings. The monoisotopic (exact) mass is 520 g/mol. The number of nitrogens with two attached hydrogens (primary N) is 1. The van der Waals surface area contributed by atoms with Crippen molar-refractivity contribution in [2.45, 2.75) is 38.2 Å². The molecule has 1 saturated carbocycles. The number of hydrogen-bond acceptors (Lipinski definition) is 5. The average molecular weight is 521 g/mol. The number of nitrogens with zero attached hydrogens (tertiary/aromatic N) is 4. The Bertz CT molecular complexity index is 1500. The van der Waals surface area contributed by atoms with Crippen molar-refractivity contribution in [3.63, 3.8) is 0 Å². The minimum Gasteiger partial charge on any atom is -0.489 e. The third-order valence-electron chi connectivity index (χ3n) is 6.91. The Hall–Kier alpha value is -4.72. The number of carbonyl (C=O) groups excluding carboxylic acids is 1. The molecule has 1 fully saturated rings. The standard InChI is InChI=1S/C31H32N6O2/c1-3-34-30(32)29-28(36-31(37(29)2)23-8-5-9-23)24-10-6-12-26(19-24)39-20-22-7-4-11-25(17-22)35-27(38)18-21-13-15-33-16-14-21/h3-4,6-7,10-17,19,23H,1,5,8-9,18,20H2,2H3,(H2,32,34)(H,35,38). The maximum Gasteiger partial charge on any atom is 0.228 e. The summed E-state index contributed by atoms with van der Waals surface area (Å²) in [6.07, 6.45) is 8.59. The van der Waals surface area contributed by atoms with E-state index in [9.17, 15) is 4.79 Å². The van der Waals surface area contributed by atoms with Crippen LogP contribution in [0.2, 0.25) is 0 Å². The lowest BCUT2D eigenvalue weighted by Crippen LogP contribution is -2.20. The van der Waals surface area contributed by atoms with Gasteiger partial charge in [0.25, 0.3) is 0 Å². The van der Waals surface area contributed by atoms with Crippen LogP contribution >= 0.6 is 0 Å². The third kappa shape index (κ3) is 6.06. The molecule has 3 N–H and O–H groups in total. The number of benzene rings is 2. The molecule has 8 heteroatoms. The topological polar surface area (TPSA) is 107 Å². The zero-order valence-electron chi connectivity index (χ0n) is 22.0. The number of anilines is 1. The van der Waals surface area contributed by atoms with E-state index in [-0.39, 0.29) is 12.3 Å². The predicted octanol–water partition coefficient (Wildman–Crippen LogP) is 5.36. The molecule has 2 aromatic carbocycles. The van der Waals surface area contributed by atoms with Crippen LogP contribution in [-0.2, 0) is 24.9 Å². The Labute approximate surface area is 228 Å². The SMILES string of the molecule is C=CN=C(N)c1c(-c2cccc(OCc3cccc(NC(=O)Cc4ccncc4)c3)c2)nc(C2CCC2)n1C. The van der Waals surface area contributed by atoms with Gasteiger partial charge in [0, 0.05) is 42.8 Å². The van der Waals surface area contributed by atoms with Gasteiger partial charge in [-0.25, -0.2) is 9.98 Å². The third-order valence-corrected chi connectivity index (χ3v) is 6.91. The first-order valence-corrected chi connectivity index (χ1v) is 13.0. The van der Waals surface area contributed by atoms with E-state index in [4.69, 9.17) is 15.5 Å². The van der Waals surface area contributed by atoms with E-state index in [1.807, 2.05) is 67.7 Å². The lowest BCUT2D eigenvalue weighted by atomic mass is 9.85. The zero-order chi connectivity index (χ0) is 27.2. The molecular formula is C31H32N6O2. The Kier molecular flexibility index (Phi) is 7.82. The van der Waals surface area contributed by atoms with E-state index in [2.05, 4.69) is 26.4 Å².